The van der Waals surface area contributed by atoms with Crippen molar-refractivity contribution in [2.45, 2.75) is 58.7 Å². The van der Waals surface area contributed by atoms with E-state index in [1.807, 2.05) is 4.68 Å². The molecule has 0 bridgehead atoms. The van der Waals surface area contributed by atoms with E-state index in [0.717, 1.165) is 32.1 Å². The van der Waals surface area contributed by atoms with Gasteiger partial charge in [-0.15, -0.1) is 0 Å². The smallest absolute Gasteiger partial charge is 0.140 e. The normalized spacial score (nSPS) is 16.6. The first-order valence-electron chi connectivity index (χ1n) is 7.44. The predicted molar refractivity (Wildman–Crippen MR) is 74.8 cm³/mol. The maximum absolute atomic E-state index is 5.81. The summed E-state index contributed by atoms with van der Waals surface area (Å²) in [6.07, 6.45) is 7.28. The monoisotopic (exact) mass is 266 g/mol. The summed E-state index contributed by atoms with van der Waals surface area (Å²) < 4.78 is 7.79. The van der Waals surface area contributed by atoms with E-state index in [0.29, 0.717) is 12.0 Å². The molecule has 1 heterocycles. The molecule has 0 aromatic carbocycles. The lowest BCUT2D eigenvalue weighted by atomic mass is 10.2. The molecule has 0 amide bonds. The molecule has 1 N–H and O–H groups in total. The highest BCUT2D eigenvalue weighted by Crippen LogP contribution is 2.20. The summed E-state index contributed by atoms with van der Waals surface area (Å²) in [6.45, 7) is 7.74. The third-order valence-corrected chi connectivity index (χ3v) is 3.45. The second kappa shape index (κ2) is 7.60. The molecule has 1 fully saturated rings. The Hall–Kier alpha value is -0.940. The summed E-state index contributed by atoms with van der Waals surface area (Å²) in [4.78, 5) is 4.29. The third-order valence-electron chi connectivity index (χ3n) is 3.45. The van der Waals surface area contributed by atoms with Crippen LogP contribution in [-0.4, -0.2) is 34.0 Å². The Morgan fingerprint density at radius 1 is 1.42 bits per heavy atom. The van der Waals surface area contributed by atoms with Gasteiger partial charge in [-0.3, -0.25) is 0 Å². The molecule has 108 valence electrons. The number of nitrogens with zero attached hydrogens (tertiary/aromatic N) is 3. The minimum Gasteiger partial charge on any atom is -0.377 e. The fourth-order valence-electron chi connectivity index (χ4n) is 2.48. The minimum absolute atomic E-state index is 0.506. The van der Waals surface area contributed by atoms with E-state index >= 15 is 0 Å². The van der Waals surface area contributed by atoms with Gasteiger partial charge in [0, 0.05) is 13.1 Å². The molecule has 19 heavy (non-hydrogen) atoms. The highest BCUT2D eigenvalue weighted by molar-refractivity contribution is 4.84. The Bertz CT molecular complexity index is 358. The number of ether oxygens (including phenoxy) is 1. The van der Waals surface area contributed by atoms with Gasteiger partial charge in [-0.25, -0.2) is 9.67 Å². The SMILES string of the molecule is CC(C)Cn1ncnc1CNCCOC1CCCC1. The van der Waals surface area contributed by atoms with Crippen LogP contribution in [0.1, 0.15) is 45.4 Å². The van der Waals surface area contributed by atoms with Gasteiger partial charge in [-0.2, -0.15) is 5.10 Å². The maximum atomic E-state index is 5.81. The summed E-state index contributed by atoms with van der Waals surface area (Å²) >= 11 is 0. The highest BCUT2D eigenvalue weighted by atomic mass is 16.5. The lowest BCUT2D eigenvalue weighted by Gasteiger charge is -2.12. The summed E-state index contributed by atoms with van der Waals surface area (Å²) in [5.41, 5.74) is 0. The van der Waals surface area contributed by atoms with Crippen LogP contribution in [0.4, 0.5) is 0 Å². The summed E-state index contributed by atoms with van der Waals surface area (Å²) in [6, 6.07) is 0. The highest BCUT2D eigenvalue weighted by Gasteiger charge is 2.14. The van der Waals surface area contributed by atoms with E-state index < -0.39 is 0 Å². The van der Waals surface area contributed by atoms with E-state index in [1.54, 1.807) is 6.33 Å². The van der Waals surface area contributed by atoms with E-state index in [1.165, 1.54) is 25.7 Å². The average molecular weight is 266 g/mol. The molecule has 1 aromatic rings. The van der Waals surface area contributed by atoms with Crippen molar-refractivity contribution in [1.29, 1.82) is 0 Å². The van der Waals surface area contributed by atoms with Gasteiger partial charge < -0.3 is 10.1 Å². The predicted octanol–water partition coefficient (Wildman–Crippen LogP) is 1.98. The van der Waals surface area contributed by atoms with Crippen molar-refractivity contribution in [3.05, 3.63) is 12.2 Å². The van der Waals surface area contributed by atoms with Gasteiger partial charge in [0.1, 0.15) is 12.2 Å². The Kier molecular flexibility index (Phi) is 5.79. The van der Waals surface area contributed by atoms with E-state index in [9.17, 15) is 0 Å². The zero-order chi connectivity index (χ0) is 13.5. The van der Waals surface area contributed by atoms with E-state index in [4.69, 9.17) is 4.74 Å². The van der Waals surface area contributed by atoms with Crippen LogP contribution in [0.2, 0.25) is 0 Å². The second-order valence-electron chi connectivity index (χ2n) is 5.71. The standard InChI is InChI=1S/C14H26N4O/c1-12(2)10-18-14(16-11-17-18)9-15-7-8-19-13-5-3-4-6-13/h11-13,15H,3-10H2,1-2H3. The molecule has 1 aromatic heterocycles. The number of hydrogen-bond acceptors (Lipinski definition) is 4. The van der Waals surface area contributed by atoms with Crippen molar-refractivity contribution >= 4 is 0 Å². The molecule has 2 rings (SSSR count). The van der Waals surface area contributed by atoms with Gasteiger partial charge in [0.05, 0.1) is 19.3 Å². The first-order valence-corrected chi connectivity index (χ1v) is 7.44. The largest absolute Gasteiger partial charge is 0.377 e. The molecule has 1 aliphatic rings. The van der Waals surface area contributed by atoms with Gasteiger partial charge in [-0.05, 0) is 18.8 Å². The van der Waals surface area contributed by atoms with Crippen LogP contribution >= 0.6 is 0 Å². The van der Waals surface area contributed by atoms with E-state index in [2.05, 4.69) is 29.2 Å². The minimum atomic E-state index is 0.506. The van der Waals surface area contributed by atoms with Crippen molar-refractivity contribution in [3.8, 4) is 0 Å². The van der Waals surface area contributed by atoms with E-state index in [-0.39, 0.29) is 0 Å². The first-order chi connectivity index (χ1) is 9.25. The van der Waals surface area contributed by atoms with Gasteiger partial charge in [0.15, 0.2) is 0 Å². The fourth-order valence-corrected chi connectivity index (χ4v) is 2.48. The molecular weight excluding hydrogens is 240 g/mol. The van der Waals surface area contributed by atoms with Crippen molar-refractivity contribution in [3.63, 3.8) is 0 Å². The molecule has 1 aliphatic carbocycles. The van der Waals surface area contributed by atoms with Crippen LogP contribution in [0.25, 0.3) is 0 Å². The number of hydrogen-bond donors (Lipinski definition) is 1. The topological polar surface area (TPSA) is 52.0 Å². The summed E-state index contributed by atoms with van der Waals surface area (Å²) in [5, 5.41) is 7.63. The lowest BCUT2D eigenvalue weighted by Crippen LogP contribution is -2.24. The average Bonchev–Trinajstić information content (AvgIpc) is 3.00. The zero-order valence-electron chi connectivity index (χ0n) is 12.1. The Labute approximate surface area is 115 Å². The molecule has 0 spiro atoms. The lowest BCUT2D eigenvalue weighted by molar-refractivity contribution is 0.0601. The van der Waals surface area contributed by atoms with Crippen LogP contribution < -0.4 is 5.32 Å². The summed E-state index contributed by atoms with van der Waals surface area (Å²) in [5.74, 6) is 1.60. The third kappa shape index (κ3) is 4.91. The summed E-state index contributed by atoms with van der Waals surface area (Å²) in [7, 11) is 0. The fraction of sp³-hybridized carbons (Fsp3) is 0.857. The van der Waals surface area contributed by atoms with Gasteiger partial charge in [0.25, 0.3) is 0 Å². The first kappa shape index (κ1) is 14.5. The number of rotatable bonds is 8. The molecule has 0 atom stereocenters. The maximum Gasteiger partial charge on any atom is 0.140 e. The van der Waals surface area contributed by atoms with Crippen LogP contribution in [0.15, 0.2) is 6.33 Å². The molecule has 0 radical (unpaired) electrons. The quantitative estimate of drug-likeness (QED) is 0.731. The van der Waals surface area contributed by atoms with Gasteiger partial charge in [-0.1, -0.05) is 26.7 Å². The molecular formula is C14H26N4O. The van der Waals surface area contributed by atoms with Crippen molar-refractivity contribution in [2.24, 2.45) is 5.92 Å². The Morgan fingerprint density at radius 3 is 2.95 bits per heavy atom. The number of aromatic nitrogens is 3. The molecule has 1 saturated carbocycles. The van der Waals surface area contributed by atoms with Crippen LogP contribution in [0.3, 0.4) is 0 Å². The van der Waals surface area contributed by atoms with Gasteiger partial charge >= 0.3 is 0 Å². The van der Waals surface area contributed by atoms with Crippen LogP contribution in [-0.2, 0) is 17.8 Å². The zero-order valence-corrected chi connectivity index (χ0v) is 12.1. The number of nitrogens with one attached hydrogen (secondary N) is 1. The molecule has 0 aliphatic heterocycles. The van der Waals surface area contributed by atoms with Crippen LogP contribution in [0.5, 0.6) is 0 Å². The Morgan fingerprint density at radius 2 is 2.21 bits per heavy atom. The Balaban J connectivity index is 1.61. The molecule has 5 nitrogen and oxygen atoms in total. The molecule has 5 heteroatoms. The second-order valence-corrected chi connectivity index (χ2v) is 5.71. The van der Waals surface area contributed by atoms with Crippen LogP contribution in [0, 0.1) is 5.92 Å². The molecule has 0 saturated heterocycles. The molecule has 0 unspecified atom stereocenters. The van der Waals surface area contributed by atoms with Crippen molar-refractivity contribution in [1.82, 2.24) is 20.1 Å². The van der Waals surface area contributed by atoms with Crippen molar-refractivity contribution in [2.75, 3.05) is 13.2 Å². The van der Waals surface area contributed by atoms with Crippen molar-refractivity contribution < 1.29 is 4.74 Å². The van der Waals surface area contributed by atoms with Gasteiger partial charge in [0.2, 0.25) is 0 Å².